The van der Waals surface area contributed by atoms with Crippen LogP contribution in [-0.2, 0) is 16.6 Å². The Morgan fingerprint density at radius 3 is 2.50 bits per heavy atom. The van der Waals surface area contributed by atoms with Crippen molar-refractivity contribution in [1.29, 1.82) is 0 Å². The maximum absolute atomic E-state index is 13.6. The minimum Gasteiger partial charge on any atom is -0.348 e. The van der Waals surface area contributed by atoms with Crippen LogP contribution in [0.1, 0.15) is 22.9 Å². The lowest BCUT2D eigenvalue weighted by atomic mass is 10.0. The molecule has 0 bridgehead atoms. The van der Waals surface area contributed by atoms with Crippen LogP contribution >= 0.6 is 0 Å². The first-order valence-corrected chi connectivity index (χ1v) is 10.3. The molecule has 0 amide bonds. The Labute approximate surface area is 163 Å². The van der Waals surface area contributed by atoms with Crippen molar-refractivity contribution in [3.05, 3.63) is 93.8 Å². The standard InChI is InChI=1S/C20H19N3O4S/c1-15-9-10-17(23(24)25)14-19(15)28(26,27)22-13-12-21-11-5-8-18(21)20(22)16-6-3-2-4-7-16/h2-11,14,20H,12-13H2,1H3. The van der Waals surface area contributed by atoms with Crippen LogP contribution in [0.5, 0.6) is 0 Å². The molecule has 1 aromatic heterocycles. The number of benzene rings is 2. The van der Waals surface area contributed by atoms with Crippen LogP contribution in [0.15, 0.2) is 71.8 Å². The number of nitrogens with zero attached hydrogens (tertiary/aromatic N) is 3. The Balaban J connectivity index is 1.87. The Morgan fingerprint density at radius 1 is 1.04 bits per heavy atom. The minimum absolute atomic E-state index is 0.0253. The van der Waals surface area contributed by atoms with Gasteiger partial charge in [-0.05, 0) is 30.2 Å². The summed E-state index contributed by atoms with van der Waals surface area (Å²) in [5, 5.41) is 11.2. The number of sulfonamides is 1. The fraction of sp³-hybridized carbons (Fsp3) is 0.200. The van der Waals surface area contributed by atoms with E-state index < -0.39 is 21.0 Å². The highest BCUT2D eigenvalue weighted by Crippen LogP contribution is 2.37. The van der Waals surface area contributed by atoms with E-state index in [1.54, 1.807) is 6.92 Å². The van der Waals surface area contributed by atoms with Gasteiger partial charge in [-0.15, -0.1) is 0 Å². The van der Waals surface area contributed by atoms with E-state index in [0.29, 0.717) is 12.1 Å². The third kappa shape index (κ3) is 3.00. The van der Waals surface area contributed by atoms with Gasteiger partial charge in [-0.1, -0.05) is 36.4 Å². The summed E-state index contributed by atoms with van der Waals surface area (Å²) in [7, 11) is -3.95. The van der Waals surface area contributed by atoms with E-state index in [1.807, 2.05) is 53.2 Å². The first-order valence-electron chi connectivity index (χ1n) is 8.86. The topological polar surface area (TPSA) is 85.4 Å². The first-order chi connectivity index (χ1) is 13.4. The van der Waals surface area contributed by atoms with Crippen molar-refractivity contribution >= 4 is 15.7 Å². The molecular formula is C20H19N3O4S. The molecule has 3 aromatic rings. The fourth-order valence-electron chi connectivity index (χ4n) is 3.70. The molecule has 0 saturated heterocycles. The van der Waals surface area contributed by atoms with E-state index in [2.05, 4.69) is 0 Å². The molecule has 144 valence electrons. The number of nitro groups is 1. The number of hydrogen-bond acceptors (Lipinski definition) is 4. The van der Waals surface area contributed by atoms with Crippen LogP contribution in [0.4, 0.5) is 5.69 Å². The first kappa shape index (κ1) is 18.4. The summed E-state index contributed by atoms with van der Waals surface area (Å²) < 4.78 is 30.7. The van der Waals surface area contributed by atoms with Crippen molar-refractivity contribution in [3.63, 3.8) is 0 Å². The zero-order valence-electron chi connectivity index (χ0n) is 15.2. The lowest BCUT2D eigenvalue weighted by Gasteiger charge is -2.36. The highest BCUT2D eigenvalue weighted by molar-refractivity contribution is 7.89. The zero-order valence-corrected chi connectivity index (χ0v) is 16.0. The van der Waals surface area contributed by atoms with Crippen LogP contribution in [-0.4, -0.2) is 28.8 Å². The lowest BCUT2D eigenvalue weighted by molar-refractivity contribution is -0.385. The highest BCUT2D eigenvalue weighted by atomic mass is 32.2. The molecule has 4 rings (SSSR count). The average Bonchev–Trinajstić information content (AvgIpc) is 3.16. The van der Waals surface area contributed by atoms with E-state index in [4.69, 9.17) is 0 Å². The SMILES string of the molecule is Cc1ccc([N+](=O)[O-])cc1S(=O)(=O)N1CCn2cccc2C1c1ccccc1. The zero-order chi connectivity index (χ0) is 19.9. The summed E-state index contributed by atoms with van der Waals surface area (Å²) >= 11 is 0. The highest BCUT2D eigenvalue weighted by Gasteiger charge is 2.38. The molecule has 1 unspecified atom stereocenters. The summed E-state index contributed by atoms with van der Waals surface area (Å²) in [6, 6.07) is 16.7. The van der Waals surface area contributed by atoms with Gasteiger partial charge in [0, 0.05) is 37.1 Å². The molecule has 0 spiro atoms. The maximum Gasteiger partial charge on any atom is 0.270 e. The van der Waals surface area contributed by atoms with Crippen LogP contribution in [0.3, 0.4) is 0 Å². The quantitative estimate of drug-likeness (QED) is 0.498. The van der Waals surface area contributed by atoms with E-state index in [-0.39, 0.29) is 17.1 Å². The summed E-state index contributed by atoms with van der Waals surface area (Å²) in [5.41, 5.74) is 1.98. The van der Waals surface area contributed by atoms with Gasteiger partial charge < -0.3 is 4.57 Å². The van der Waals surface area contributed by atoms with Crippen molar-refractivity contribution < 1.29 is 13.3 Å². The largest absolute Gasteiger partial charge is 0.348 e. The summed E-state index contributed by atoms with van der Waals surface area (Å²) in [6.07, 6.45) is 1.94. The molecule has 0 aliphatic carbocycles. The van der Waals surface area contributed by atoms with Gasteiger partial charge in [0.1, 0.15) is 0 Å². The lowest BCUT2D eigenvalue weighted by Crippen LogP contribution is -2.42. The van der Waals surface area contributed by atoms with Crippen molar-refractivity contribution in [2.24, 2.45) is 0 Å². The van der Waals surface area contributed by atoms with Crippen LogP contribution in [0.2, 0.25) is 0 Å². The molecule has 1 aliphatic rings. The van der Waals surface area contributed by atoms with Gasteiger partial charge in [-0.3, -0.25) is 10.1 Å². The van der Waals surface area contributed by atoms with Gasteiger partial charge in [0.15, 0.2) is 0 Å². The molecule has 2 heterocycles. The molecule has 7 nitrogen and oxygen atoms in total. The summed E-state index contributed by atoms with van der Waals surface area (Å²) in [4.78, 5) is 10.6. The normalized spacial score (nSPS) is 17.2. The van der Waals surface area contributed by atoms with Gasteiger partial charge in [0.2, 0.25) is 10.0 Å². The average molecular weight is 397 g/mol. The van der Waals surface area contributed by atoms with Gasteiger partial charge in [-0.2, -0.15) is 4.31 Å². The summed E-state index contributed by atoms with van der Waals surface area (Å²) in [5.74, 6) is 0. The van der Waals surface area contributed by atoms with Crippen molar-refractivity contribution in [1.82, 2.24) is 8.87 Å². The minimum atomic E-state index is -3.95. The fourth-order valence-corrected chi connectivity index (χ4v) is 5.53. The molecule has 0 saturated carbocycles. The Morgan fingerprint density at radius 2 is 1.79 bits per heavy atom. The Kier molecular flexibility index (Phi) is 4.52. The molecular weight excluding hydrogens is 378 g/mol. The number of nitro benzene ring substituents is 1. The molecule has 0 N–H and O–H groups in total. The van der Waals surface area contributed by atoms with Crippen LogP contribution < -0.4 is 0 Å². The maximum atomic E-state index is 13.6. The molecule has 28 heavy (non-hydrogen) atoms. The molecule has 0 radical (unpaired) electrons. The predicted octanol–water partition coefficient (Wildman–Crippen LogP) is 3.50. The van der Waals surface area contributed by atoms with Gasteiger partial charge >= 0.3 is 0 Å². The Hall–Kier alpha value is -2.97. The molecule has 1 atom stereocenters. The number of aryl methyl sites for hydroxylation is 1. The number of hydrogen-bond donors (Lipinski definition) is 0. The molecule has 1 aliphatic heterocycles. The predicted molar refractivity (Wildman–Crippen MR) is 104 cm³/mol. The Bertz CT molecular complexity index is 1140. The number of rotatable bonds is 4. The van der Waals surface area contributed by atoms with Gasteiger partial charge in [-0.25, -0.2) is 8.42 Å². The van der Waals surface area contributed by atoms with Crippen molar-refractivity contribution in [3.8, 4) is 0 Å². The smallest absolute Gasteiger partial charge is 0.270 e. The molecule has 0 fully saturated rings. The van der Waals surface area contributed by atoms with Gasteiger partial charge in [0.25, 0.3) is 5.69 Å². The van der Waals surface area contributed by atoms with Crippen molar-refractivity contribution in [2.45, 2.75) is 24.4 Å². The molecule has 8 heteroatoms. The molecule has 2 aromatic carbocycles. The van der Waals surface area contributed by atoms with E-state index in [0.717, 1.165) is 17.3 Å². The number of aromatic nitrogens is 1. The number of non-ortho nitro benzene ring substituents is 1. The van der Waals surface area contributed by atoms with Crippen LogP contribution in [0.25, 0.3) is 0 Å². The third-order valence-electron chi connectivity index (χ3n) is 5.08. The van der Waals surface area contributed by atoms with E-state index >= 15 is 0 Å². The van der Waals surface area contributed by atoms with E-state index in [1.165, 1.54) is 16.4 Å². The van der Waals surface area contributed by atoms with Gasteiger partial charge in [0.05, 0.1) is 15.9 Å². The van der Waals surface area contributed by atoms with E-state index in [9.17, 15) is 18.5 Å². The third-order valence-corrected chi connectivity index (χ3v) is 7.09. The second-order valence-electron chi connectivity index (χ2n) is 6.76. The second kappa shape index (κ2) is 6.88. The van der Waals surface area contributed by atoms with Crippen LogP contribution in [0, 0.1) is 17.0 Å². The van der Waals surface area contributed by atoms with Crippen molar-refractivity contribution in [2.75, 3.05) is 6.54 Å². The second-order valence-corrected chi connectivity index (χ2v) is 8.62. The summed E-state index contributed by atoms with van der Waals surface area (Å²) in [6.45, 7) is 2.46. The monoisotopic (exact) mass is 397 g/mol. The number of fused-ring (bicyclic) bond motifs is 1.